The smallest absolute Gasteiger partial charge is 0.278 e. The zero-order chi connectivity index (χ0) is 24.0. The van der Waals surface area contributed by atoms with E-state index in [9.17, 15) is 9.59 Å². The molecule has 172 valence electrons. The number of fused-ring (bicyclic) bond motifs is 1. The molecule has 0 saturated carbocycles. The summed E-state index contributed by atoms with van der Waals surface area (Å²) in [7, 11) is 0. The fourth-order valence-corrected chi connectivity index (χ4v) is 4.59. The summed E-state index contributed by atoms with van der Waals surface area (Å²) in [6.07, 6.45) is 0. The third-order valence-corrected chi connectivity index (χ3v) is 6.09. The molecule has 3 aromatic carbocycles. The van der Waals surface area contributed by atoms with Crippen LogP contribution in [-0.2, 0) is 16.1 Å². The number of ether oxygens (including phenoxy) is 2. The molecule has 6 heteroatoms. The number of benzene rings is 3. The van der Waals surface area contributed by atoms with E-state index in [1.165, 1.54) is 4.90 Å². The molecule has 2 aliphatic rings. The van der Waals surface area contributed by atoms with Crippen LogP contribution in [0.3, 0.4) is 0 Å². The van der Waals surface area contributed by atoms with Crippen molar-refractivity contribution in [2.24, 2.45) is 0 Å². The summed E-state index contributed by atoms with van der Waals surface area (Å²) in [6, 6.07) is 17.4. The van der Waals surface area contributed by atoms with Crippen LogP contribution in [0.4, 0.5) is 5.69 Å². The Morgan fingerprint density at radius 2 is 1.53 bits per heavy atom. The molecule has 5 rings (SSSR count). The van der Waals surface area contributed by atoms with Crippen LogP contribution >= 0.6 is 0 Å². The number of anilines is 1. The number of hydrogen-bond acceptors (Lipinski definition) is 5. The molecule has 0 bridgehead atoms. The molecule has 0 atom stereocenters. The average Bonchev–Trinajstić information content (AvgIpc) is 3.32. The number of aryl methyl sites for hydroxylation is 4. The number of nitrogens with zero attached hydrogens (tertiary/aromatic N) is 1. The molecule has 0 radical (unpaired) electrons. The molecule has 3 aromatic rings. The van der Waals surface area contributed by atoms with Gasteiger partial charge in [0.25, 0.3) is 11.8 Å². The van der Waals surface area contributed by atoms with Crippen molar-refractivity contribution in [1.82, 2.24) is 4.90 Å². The van der Waals surface area contributed by atoms with Crippen LogP contribution in [0.25, 0.3) is 5.57 Å². The van der Waals surface area contributed by atoms with E-state index in [0.29, 0.717) is 22.8 Å². The molecular weight excluding hydrogens is 428 g/mol. The molecular formula is C28H26N2O4. The first-order chi connectivity index (χ1) is 16.3. The van der Waals surface area contributed by atoms with Gasteiger partial charge in [0.05, 0.1) is 12.1 Å². The van der Waals surface area contributed by atoms with Gasteiger partial charge in [0, 0.05) is 5.69 Å². The summed E-state index contributed by atoms with van der Waals surface area (Å²) in [5.74, 6) is 0.611. The Labute approximate surface area is 198 Å². The van der Waals surface area contributed by atoms with E-state index < -0.39 is 0 Å². The fourth-order valence-electron chi connectivity index (χ4n) is 4.59. The Balaban J connectivity index is 1.55. The normalized spacial score (nSPS) is 14.9. The van der Waals surface area contributed by atoms with Gasteiger partial charge in [-0.1, -0.05) is 35.9 Å². The van der Waals surface area contributed by atoms with Crippen molar-refractivity contribution in [1.29, 1.82) is 0 Å². The van der Waals surface area contributed by atoms with E-state index in [1.807, 2.05) is 70.2 Å². The number of imide groups is 1. The minimum absolute atomic E-state index is 0.140. The molecule has 0 aliphatic carbocycles. The third-order valence-electron chi connectivity index (χ3n) is 6.09. The van der Waals surface area contributed by atoms with Crippen molar-refractivity contribution in [2.75, 3.05) is 12.1 Å². The van der Waals surface area contributed by atoms with E-state index >= 15 is 0 Å². The Hall–Kier alpha value is -4.06. The van der Waals surface area contributed by atoms with E-state index in [-0.39, 0.29) is 25.2 Å². The van der Waals surface area contributed by atoms with Crippen LogP contribution in [0.15, 0.2) is 60.3 Å². The first kappa shape index (κ1) is 21.8. The van der Waals surface area contributed by atoms with Crippen molar-refractivity contribution >= 4 is 23.1 Å². The molecule has 34 heavy (non-hydrogen) atoms. The summed E-state index contributed by atoms with van der Waals surface area (Å²) in [4.78, 5) is 28.6. The fraction of sp³-hybridized carbons (Fsp3) is 0.214. The maximum atomic E-state index is 13.7. The van der Waals surface area contributed by atoms with Crippen molar-refractivity contribution in [3.8, 4) is 11.5 Å². The van der Waals surface area contributed by atoms with Crippen molar-refractivity contribution in [3.63, 3.8) is 0 Å². The Bertz CT molecular complexity index is 1350. The van der Waals surface area contributed by atoms with Crippen LogP contribution in [0.1, 0.15) is 33.4 Å². The van der Waals surface area contributed by atoms with Gasteiger partial charge < -0.3 is 14.8 Å². The molecule has 0 spiro atoms. The molecule has 0 saturated heterocycles. The lowest BCUT2D eigenvalue weighted by molar-refractivity contribution is -0.137. The summed E-state index contributed by atoms with van der Waals surface area (Å²) in [6.45, 7) is 8.29. The summed E-state index contributed by atoms with van der Waals surface area (Å²) in [5.41, 5.74) is 7.20. The quantitative estimate of drug-likeness (QED) is 0.547. The second-order valence-corrected chi connectivity index (χ2v) is 8.95. The number of hydrogen-bond donors (Lipinski definition) is 1. The molecule has 2 amide bonds. The molecule has 2 aliphatic heterocycles. The Kier molecular flexibility index (Phi) is 5.36. The van der Waals surface area contributed by atoms with Crippen LogP contribution in [0.5, 0.6) is 11.5 Å². The number of nitrogens with one attached hydrogen (secondary N) is 1. The maximum absolute atomic E-state index is 13.7. The zero-order valence-electron chi connectivity index (χ0n) is 19.7. The molecule has 2 heterocycles. The van der Waals surface area contributed by atoms with E-state index in [1.54, 1.807) is 6.07 Å². The first-order valence-electron chi connectivity index (χ1n) is 11.2. The monoisotopic (exact) mass is 454 g/mol. The molecule has 6 nitrogen and oxygen atoms in total. The van der Waals surface area contributed by atoms with Gasteiger partial charge in [-0.05, 0) is 79.8 Å². The number of carbonyl (C=O) groups excluding carboxylic acids is 2. The average molecular weight is 455 g/mol. The van der Waals surface area contributed by atoms with Crippen LogP contribution in [0, 0.1) is 27.7 Å². The second kappa shape index (κ2) is 8.37. The highest BCUT2D eigenvalue weighted by Gasteiger charge is 2.40. The first-order valence-corrected chi connectivity index (χ1v) is 11.2. The van der Waals surface area contributed by atoms with Gasteiger partial charge in [-0.2, -0.15) is 0 Å². The number of carbonyl (C=O) groups is 2. The standard InChI is InChI=1S/C28H26N2O4/c1-16-5-7-22(19(4)10-16)25-26(29-21-11-17(2)9-18(3)12-21)28(32)30(27(25)31)14-20-6-8-23-24(13-20)34-15-33-23/h5-13,29H,14-15H2,1-4H3. The largest absolute Gasteiger partial charge is 0.454 e. The van der Waals surface area contributed by atoms with Crippen LogP contribution in [-0.4, -0.2) is 23.5 Å². The van der Waals surface area contributed by atoms with E-state index in [4.69, 9.17) is 9.47 Å². The van der Waals surface area contributed by atoms with Gasteiger partial charge in [-0.3, -0.25) is 14.5 Å². The SMILES string of the molecule is Cc1cc(C)cc(NC2=C(c3ccc(C)cc3C)C(=O)N(Cc3ccc4c(c3)OCO4)C2=O)c1. The molecule has 0 unspecified atom stereocenters. The Morgan fingerprint density at radius 3 is 2.26 bits per heavy atom. The van der Waals surface area contributed by atoms with Gasteiger partial charge >= 0.3 is 0 Å². The maximum Gasteiger partial charge on any atom is 0.278 e. The van der Waals surface area contributed by atoms with E-state index in [2.05, 4.69) is 11.4 Å². The lowest BCUT2D eigenvalue weighted by Crippen LogP contribution is -2.32. The minimum atomic E-state index is -0.350. The second-order valence-electron chi connectivity index (χ2n) is 8.95. The predicted molar refractivity (Wildman–Crippen MR) is 130 cm³/mol. The topological polar surface area (TPSA) is 67.9 Å². The summed E-state index contributed by atoms with van der Waals surface area (Å²) < 4.78 is 10.8. The van der Waals surface area contributed by atoms with Gasteiger partial charge in [0.15, 0.2) is 11.5 Å². The lowest BCUT2D eigenvalue weighted by Gasteiger charge is -2.16. The number of amides is 2. The van der Waals surface area contributed by atoms with Crippen molar-refractivity contribution in [3.05, 3.63) is 93.7 Å². The zero-order valence-corrected chi connectivity index (χ0v) is 19.7. The highest BCUT2D eigenvalue weighted by Crippen LogP contribution is 2.36. The molecule has 0 fully saturated rings. The van der Waals surface area contributed by atoms with Crippen molar-refractivity contribution in [2.45, 2.75) is 34.2 Å². The minimum Gasteiger partial charge on any atom is -0.454 e. The molecule has 0 aromatic heterocycles. The van der Waals surface area contributed by atoms with E-state index in [0.717, 1.165) is 39.1 Å². The highest BCUT2D eigenvalue weighted by molar-refractivity contribution is 6.36. The van der Waals surface area contributed by atoms with Crippen molar-refractivity contribution < 1.29 is 19.1 Å². The Morgan fingerprint density at radius 1 is 0.794 bits per heavy atom. The number of rotatable bonds is 5. The van der Waals surface area contributed by atoms with Gasteiger partial charge in [-0.15, -0.1) is 0 Å². The molecule has 1 N–H and O–H groups in total. The predicted octanol–water partition coefficient (Wildman–Crippen LogP) is 5.04. The summed E-state index contributed by atoms with van der Waals surface area (Å²) >= 11 is 0. The summed E-state index contributed by atoms with van der Waals surface area (Å²) in [5, 5.41) is 3.27. The highest BCUT2D eigenvalue weighted by atomic mass is 16.7. The third kappa shape index (κ3) is 3.92. The van der Waals surface area contributed by atoms with Gasteiger partial charge in [0.2, 0.25) is 6.79 Å². The van der Waals surface area contributed by atoms with Gasteiger partial charge in [-0.25, -0.2) is 0 Å². The lowest BCUT2D eigenvalue weighted by atomic mass is 9.97. The van der Waals surface area contributed by atoms with Gasteiger partial charge in [0.1, 0.15) is 5.70 Å². The van der Waals surface area contributed by atoms with Crippen LogP contribution < -0.4 is 14.8 Å². The van der Waals surface area contributed by atoms with Crippen LogP contribution in [0.2, 0.25) is 0 Å².